The van der Waals surface area contributed by atoms with E-state index in [1.165, 1.54) is 0 Å². The van der Waals surface area contributed by atoms with E-state index in [1.807, 2.05) is 12.1 Å². The van der Waals surface area contributed by atoms with Gasteiger partial charge in [0.25, 0.3) is 5.91 Å². The van der Waals surface area contributed by atoms with Gasteiger partial charge in [-0.1, -0.05) is 44.7 Å². The van der Waals surface area contributed by atoms with E-state index >= 15 is 8.78 Å². The van der Waals surface area contributed by atoms with Crippen LogP contribution >= 0.6 is 0 Å². The summed E-state index contributed by atoms with van der Waals surface area (Å²) in [6.07, 6.45) is -6.22. The van der Waals surface area contributed by atoms with Gasteiger partial charge in [-0.05, 0) is 86.6 Å². The van der Waals surface area contributed by atoms with Crippen LogP contribution in [0.3, 0.4) is 0 Å². The summed E-state index contributed by atoms with van der Waals surface area (Å²) in [6.45, 7) is 4.61. The number of carbonyl (C=O) groups excluding carboxylic acids is 3. The third-order valence-corrected chi connectivity index (χ3v) is 14.7. The monoisotopic (exact) mass is 1130 g/mol. The van der Waals surface area contributed by atoms with Crippen LogP contribution in [0.5, 0.6) is 0 Å². The van der Waals surface area contributed by atoms with Crippen LogP contribution < -0.4 is 26.3 Å². The van der Waals surface area contributed by atoms with Crippen molar-refractivity contribution in [3.63, 3.8) is 0 Å². The molecule has 2 aromatic heterocycles. The van der Waals surface area contributed by atoms with E-state index in [0.29, 0.717) is 48.7 Å². The molecule has 0 saturated carbocycles. The van der Waals surface area contributed by atoms with E-state index in [9.17, 15) is 51.3 Å². The summed E-state index contributed by atoms with van der Waals surface area (Å²) >= 11 is 0. The molecule has 2 aromatic carbocycles. The van der Waals surface area contributed by atoms with Crippen LogP contribution in [0.15, 0.2) is 67.0 Å². The number of nitrogens with one attached hydrogen (secondary N) is 4. The molecule has 4 aromatic rings. The van der Waals surface area contributed by atoms with Crippen LogP contribution in [-0.4, -0.2) is 160 Å². The molecular formula is C54H63F7N10O9. The Morgan fingerprint density at radius 1 is 0.825 bits per heavy atom. The number of hydrogen-bond acceptors (Lipinski definition) is 13. The van der Waals surface area contributed by atoms with Gasteiger partial charge in [-0.2, -0.15) is 27.1 Å². The van der Waals surface area contributed by atoms with Crippen molar-refractivity contribution in [2.24, 2.45) is 10.8 Å². The Labute approximate surface area is 456 Å². The number of fused-ring (bicyclic) bond motifs is 2. The second kappa shape index (κ2) is 24.4. The van der Waals surface area contributed by atoms with Crippen molar-refractivity contribution in [3.8, 4) is 23.1 Å². The van der Waals surface area contributed by atoms with Crippen molar-refractivity contribution in [3.05, 3.63) is 101 Å². The number of ether oxygens (including phenoxy) is 3. The fourth-order valence-electron chi connectivity index (χ4n) is 9.97. The number of anilines is 1. The number of aromatic nitrogens is 3. The normalized spacial score (nSPS) is 19.5. The summed E-state index contributed by atoms with van der Waals surface area (Å²) in [5, 5.41) is 32.7. The molecule has 0 aliphatic carbocycles. The molecule has 4 aliphatic heterocycles. The van der Waals surface area contributed by atoms with Gasteiger partial charge >= 0.3 is 24.9 Å². The number of aliphatic hydroxyl groups excluding tert-OH is 1. The van der Waals surface area contributed by atoms with Gasteiger partial charge in [0, 0.05) is 72.9 Å². The lowest BCUT2D eigenvalue weighted by Gasteiger charge is -2.47. The van der Waals surface area contributed by atoms with Crippen molar-refractivity contribution >= 4 is 29.8 Å². The van der Waals surface area contributed by atoms with E-state index in [2.05, 4.69) is 42.8 Å². The van der Waals surface area contributed by atoms with E-state index in [4.69, 9.17) is 19.2 Å². The highest BCUT2D eigenvalue weighted by Gasteiger charge is 2.56. The molecule has 26 heteroatoms. The first-order chi connectivity index (χ1) is 37.7. The van der Waals surface area contributed by atoms with Crippen molar-refractivity contribution in [1.29, 1.82) is 0 Å². The summed E-state index contributed by atoms with van der Waals surface area (Å²) in [6, 6.07) is 8.65. The second-order valence-electron chi connectivity index (χ2n) is 22.0. The largest absolute Gasteiger partial charge is 0.465 e. The molecule has 2 bridgehead atoms. The molecular weight excluding hydrogens is 1070 g/mol. The Morgan fingerprint density at radius 2 is 1.45 bits per heavy atom. The zero-order valence-corrected chi connectivity index (χ0v) is 44.4. The number of pyridine rings is 1. The molecule has 80 heavy (non-hydrogen) atoms. The predicted molar refractivity (Wildman–Crippen MR) is 273 cm³/mol. The minimum atomic E-state index is -5.15. The number of amides is 4. The Kier molecular flexibility index (Phi) is 18.0. The zero-order chi connectivity index (χ0) is 57.8. The summed E-state index contributed by atoms with van der Waals surface area (Å²) in [5.41, 5.74) is -1.32. The topological polar surface area (TPSA) is 225 Å². The Balaban J connectivity index is 1.05. The molecule has 19 nitrogen and oxygen atoms in total. The molecule has 432 valence electrons. The number of nitrogens with zero attached hydrogens (tertiary/aromatic N) is 6. The highest BCUT2D eigenvalue weighted by atomic mass is 19.4. The average molecular weight is 1130 g/mol. The van der Waals surface area contributed by atoms with Crippen LogP contribution in [0.25, 0.3) is 11.3 Å². The number of alkyl carbamates (subject to hydrolysis) is 1. The van der Waals surface area contributed by atoms with Crippen LogP contribution in [0.1, 0.15) is 76.3 Å². The van der Waals surface area contributed by atoms with Crippen molar-refractivity contribution in [2.75, 3.05) is 51.0 Å². The van der Waals surface area contributed by atoms with Gasteiger partial charge in [-0.3, -0.25) is 19.9 Å². The maximum absolute atomic E-state index is 16.1. The summed E-state index contributed by atoms with van der Waals surface area (Å²) in [5.74, 6) is 1.97. The second-order valence-corrected chi connectivity index (χ2v) is 22.0. The molecule has 8 rings (SSSR count). The first-order valence-corrected chi connectivity index (χ1v) is 25.9. The lowest BCUT2D eigenvalue weighted by molar-refractivity contribution is -0.220. The van der Waals surface area contributed by atoms with E-state index < -0.39 is 108 Å². The maximum atomic E-state index is 16.1. The quantitative estimate of drug-likeness (QED) is 0.0374. The van der Waals surface area contributed by atoms with Gasteiger partial charge in [0.2, 0.25) is 5.91 Å². The molecule has 6 atom stereocenters. The van der Waals surface area contributed by atoms with Gasteiger partial charge in [0.1, 0.15) is 29.5 Å². The van der Waals surface area contributed by atoms with Crippen molar-refractivity contribution in [1.82, 2.24) is 46.0 Å². The molecule has 3 unspecified atom stereocenters. The highest BCUT2D eigenvalue weighted by molar-refractivity contribution is 5.87. The van der Waals surface area contributed by atoms with Gasteiger partial charge in [0.05, 0.1) is 55.7 Å². The number of alkyl halides is 5. The molecule has 6 N–H and O–H groups in total. The third kappa shape index (κ3) is 14.1. The van der Waals surface area contributed by atoms with Gasteiger partial charge < -0.3 is 45.3 Å². The molecule has 6 heterocycles. The summed E-state index contributed by atoms with van der Waals surface area (Å²) < 4.78 is 118. The molecule has 0 spiro atoms. The Hall–Kier alpha value is -7.05. The smallest absolute Gasteiger partial charge is 0.408 e. The number of benzene rings is 2. The SMILES string of the molecule is CC(C)(C)C(NC(=O)OC1COC1)C(=O)NN(Cc1c(F)cc(-c2ccn(C(F)F)n2)cc1F)C[C@H](O)[C@H](Cc1ccc(C#Cc2ccc(N3CC4CCC(C3)N4C3COC3)nc2)cc1)NC(=O)[C@@H](NC(=O)O)C(C)(C)C(F)(F)F. The summed E-state index contributed by atoms with van der Waals surface area (Å²) in [4.78, 5) is 62.7. The predicted octanol–water partition coefficient (Wildman–Crippen LogP) is 5.76. The van der Waals surface area contributed by atoms with Crippen molar-refractivity contribution in [2.45, 2.75) is 122 Å². The van der Waals surface area contributed by atoms with Gasteiger partial charge in [0.15, 0.2) is 6.10 Å². The van der Waals surface area contributed by atoms with E-state index in [0.717, 1.165) is 74.4 Å². The lowest BCUT2D eigenvalue weighted by atomic mass is 9.82. The summed E-state index contributed by atoms with van der Waals surface area (Å²) in [7, 11) is 0. The Morgan fingerprint density at radius 3 is 1.98 bits per heavy atom. The average Bonchev–Trinajstić information content (AvgIpc) is 3.96. The lowest BCUT2D eigenvalue weighted by Crippen LogP contribution is -2.63. The number of carboxylic acid groups (broad SMARTS) is 1. The number of hydrogen-bond donors (Lipinski definition) is 6. The molecule has 4 fully saturated rings. The fourth-order valence-corrected chi connectivity index (χ4v) is 9.97. The van der Waals surface area contributed by atoms with Crippen LogP contribution in [-0.2, 0) is 36.8 Å². The van der Waals surface area contributed by atoms with Gasteiger partial charge in [-0.15, -0.1) is 0 Å². The van der Waals surface area contributed by atoms with Crippen LogP contribution in [0.2, 0.25) is 0 Å². The number of piperazine rings is 1. The number of aliphatic hydroxyl groups is 1. The third-order valence-electron chi connectivity index (χ3n) is 14.7. The standard InChI is InChI=1S/C54H63F7N10O9/c1-52(2,3)45(65-51(77)80-37-28-79-29-37)48(74)67-69(24-38-39(55)19-33(20-40(38)56)41-16-17-70(66-41)49(57)58)25-43(72)42(63-47(73)46(64-50(75)76)53(4,5)54(59,60)61)18-31-9-6-30(7-10-31)8-11-32-12-15-44(62-21-32)68-22-34-13-14-35(23-68)71(34)36-26-78-27-36/h6-7,9-10,12,15-17,19-21,34-37,42-43,45-46,49,64,72H,13-14,18,22-29H2,1-5H3,(H,63,73)(H,65,77)(H,67,74)(H,75,76)/t34?,35?,42-,43-,45?,46+/m0/s1. The first kappa shape index (κ1) is 59.1. The number of hydrazine groups is 1. The highest BCUT2D eigenvalue weighted by Crippen LogP contribution is 2.41. The minimum absolute atomic E-state index is 0.107. The number of rotatable bonds is 19. The molecule has 4 amide bonds. The van der Waals surface area contributed by atoms with Crippen LogP contribution in [0, 0.1) is 34.3 Å². The fraction of sp³-hybridized carbons (Fsp3) is 0.519. The van der Waals surface area contributed by atoms with Crippen LogP contribution in [0.4, 0.5) is 46.1 Å². The number of halogens is 7. The minimum Gasteiger partial charge on any atom is -0.465 e. The zero-order valence-electron chi connectivity index (χ0n) is 44.4. The maximum Gasteiger partial charge on any atom is 0.408 e. The number of carbonyl (C=O) groups is 4. The van der Waals surface area contributed by atoms with Crippen molar-refractivity contribution < 1.29 is 74.3 Å². The first-order valence-electron chi connectivity index (χ1n) is 25.9. The van der Waals surface area contributed by atoms with Gasteiger partial charge in [-0.25, -0.2) is 33.0 Å². The molecule has 4 aliphatic rings. The Bertz CT molecular complexity index is 2890. The van der Waals surface area contributed by atoms with E-state index in [-0.39, 0.29) is 35.6 Å². The molecule has 0 radical (unpaired) electrons. The molecule has 4 saturated heterocycles. The van der Waals surface area contributed by atoms with E-state index in [1.54, 1.807) is 56.6 Å².